The minimum absolute atomic E-state index is 0.569. The second kappa shape index (κ2) is 6.46. The molecule has 2 N–H and O–H groups in total. The Balaban J connectivity index is 2.70. The van der Waals surface area contributed by atoms with Crippen LogP contribution in [0.5, 0.6) is 0 Å². The smallest absolute Gasteiger partial charge is 0.151 e. The van der Waals surface area contributed by atoms with Gasteiger partial charge in [0.05, 0.1) is 5.52 Å². The molecule has 2 aromatic heterocycles. The van der Waals surface area contributed by atoms with Gasteiger partial charge in [-0.3, -0.25) is 0 Å². The van der Waals surface area contributed by atoms with Gasteiger partial charge in [-0.05, 0) is 31.2 Å². The summed E-state index contributed by atoms with van der Waals surface area (Å²) in [6.45, 7) is 11.9. The Morgan fingerprint density at radius 1 is 1.19 bits per heavy atom. The summed E-state index contributed by atoms with van der Waals surface area (Å²) in [6, 6.07) is 0. The van der Waals surface area contributed by atoms with Crippen molar-refractivity contribution < 1.29 is 0 Å². The third-order valence-corrected chi connectivity index (χ3v) is 3.96. The van der Waals surface area contributed by atoms with Crippen molar-refractivity contribution in [1.29, 1.82) is 0 Å². The van der Waals surface area contributed by atoms with E-state index in [-0.39, 0.29) is 0 Å². The molecule has 0 spiro atoms. The van der Waals surface area contributed by atoms with Crippen molar-refractivity contribution in [2.24, 2.45) is 5.92 Å². The van der Waals surface area contributed by atoms with Crippen LogP contribution in [0.3, 0.4) is 0 Å². The molecule has 0 amide bonds. The number of imidazole rings is 1. The summed E-state index contributed by atoms with van der Waals surface area (Å²) in [5.74, 6) is 2.32. The number of hydrogen-bond donors (Lipinski definition) is 1. The van der Waals surface area contributed by atoms with Gasteiger partial charge in [0.1, 0.15) is 11.3 Å². The zero-order chi connectivity index (χ0) is 15.6. The Bertz CT molecular complexity index is 625. The molecule has 2 aromatic rings. The molecule has 0 aliphatic heterocycles. The average molecular weight is 288 g/mol. The zero-order valence-corrected chi connectivity index (χ0v) is 14.0. The van der Waals surface area contributed by atoms with Gasteiger partial charge in [-0.15, -0.1) is 0 Å². The molecule has 0 fully saturated rings. The van der Waals surface area contributed by atoms with Crippen LogP contribution in [-0.2, 0) is 19.4 Å². The number of nitrogens with two attached hydrogens (primary N) is 1. The van der Waals surface area contributed by atoms with E-state index in [0.717, 1.165) is 42.8 Å². The van der Waals surface area contributed by atoms with Crippen molar-refractivity contribution in [2.45, 2.75) is 66.8 Å². The van der Waals surface area contributed by atoms with Gasteiger partial charge in [0, 0.05) is 18.7 Å². The minimum Gasteiger partial charge on any atom is -0.382 e. The van der Waals surface area contributed by atoms with Gasteiger partial charge in [-0.1, -0.05) is 34.1 Å². The van der Waals surface area contributed by atoms with Crippen LogP contribution in [0.1, 0.15) is 57.6 Å². The zero-order valence-electron chi connectivity index (χ0n) is 14.0. The maximum atomic E-state index is 6.14. The summed E-state index contributed by atoms with van der Waals surface area (Å²) in [4.78, 5) is 9.32. The first-order chi connectivity index (χ1) is 9.99. The van der Waals surface area contributed by atoms with Crippen LogP contribution in [-0.4, -0.2) is 14.5 Å². The number of rotatable bonds is 6. The quantitative estimate of drug-likeness (QED) is 0.877. The molecule has 0 saturated carbocycles. The number of fused-ring (bicyclic) bond motifs is 1. The highest BCUT2D eigenvalue weighted by Gasteiger charge is 2.18. The van der Waals surface area contributed by atoms with Crippen LogP contribution < -0.4 is 5.73 Å². The molecule has 2 heterocycles. The summed E-state index contributed by atoms with van der Waals surface area (Å²) < 4.78 is 2.39. The highest BCUT2D eigenvalue weighted by molar-refractivity contribution is 5.88. The SMILES string of the molecule is CCCCc1nc2c(N)nc(C)c(CC)c2n1CC(C)C. The number of nitrogens with zero attached hydrogens (tertiary/aromatic N) is 3. The number of aromatic nitrogens is 3. The molecule has 2 rings (SSSR count). The Morgan fingerprint density at radius 2 is 1.90 bits per heavy atom. The fourth-order valence-electron chi connectivity index (χ4n) is 2.97. The Hall–Kier alpha value is -1.58. The second-order valence-corrected chi connectivity index (χ2v) is 6.25. The van der Waals surface area contributed by atoms with Gasteiger partial charge in [0.2, 0.25) is 0 Å². The van der Waals surface area contributed by atoms with Gasteiger partial charge in [0.15, 0.2) is 5.82 Å². The van der Waals surface area contributed by atoms with Gasteiger partial charge in [-0.2, -0.15) is 0 Å². The largest absolute Gasteiger partial charge is 0.382 e. The van der Waals surface area contributed by atoms with Crippen LogP contribution >= 0.6 is 0 Å². The number of anilines is 1. The summed E-state index contributed by atoms with van der Waals surface area (Å²) in [5, 5.41) is 0. The number of pyridine rings is 1. The number of unbranched alkanes of at least 4 members (excludes halogenated alkanes) is 1. The van der Waals surface area contributed by atoms with Crippen LogP contribution in [0.2, 0.25) is 0 Å². The first-order valence-corrected chi connectivity index (χ1v) is 8.13. The number of nitrogen functional groups attached to an aromatic ring is 1. The third kappa shape index (κ3) is 3.04. The molecule has 0 aromatic carbocycles. The first-order valence-electron chi connectivity index (χ1n) is 8.13. The highest BCUT2D eigenvalue weighted by Crippen LogP contribution is 2.28. The summed E-state index contributed by atoms with van der Waals surface area (Å²) in [5.41, 5.74) is 10.6. The molecule has 21 heavy (non-hydrogen) atoms. The third-order valence-electron chi connectivity index (χ3n) is 3.96. The van der Waals surface area contributed by atoms with Crippen LogP contribution in [0, 0.1) is 12.8 Å². The molecule has 4 nitrogen and oxygen atoms in total. The van der Waals surface area contributed by atoms with E-state index < -0.39 is 0 Å². The van der Waals surface area contributed by atoms with E-state index in [1.54, 1.807) is 0 Å². The molecule has 0 bridgehead atoms. The van der Waals surface area contributed by atoms with Crippen molar-refractivity contribution in [1.82, 2.24) is 14.5 Å². The Kier molecular flexibility index (Phi) is 4.86. The first kappa shape index (κ1) is 15.8. The lowest BCUT2D eigenvalue weighted by Gasteiger charge is -2.14. The Labute approximate surface area is 127 Å². The van der Waals surface area contributed by atoms with E-state index >= 15 is 0 Å². The van der Waals surface area contributed by atoms with Crippen molar-refractivity contribution in [3.8, 4) is 0 Å². The molecule has 0 aliphatic carbocycles. The summed E-state index contributed by atoms with van der Waals surface area (Å²) in [6.07, 6.45) is 4.32. The lowest BCUT2D eigenvalue weighted by molar-refractivity contribution is 0.512. The maximum absolute atomic E-state index is 6.14. The van der Waals surface area contributed by atoms with E-state index in [4.69, 9.17) is 10.7 Å². The standard InChI is InChI=1S/C17H28N4/c1-6-8-9-14-20-15-16(21(14)10-11(3)4)13(7-2)12(5)19-17(15)18/h11H,6-10H2,1-5H3,(H2,18,19). The lowest BCUT2D eigenvalue weighted by Crippen LogP contribution is -2.10. The molecular formula is C17H28N4. The summed E-state index contributed by atoms with van der Waals surface area (Å²) >= 11 is 0. The van der Waals surface area contributed by atoms with E-state index in [1.165, 1.54) is 17.5 Å². The number of aryl methyl sites for hydroxylation is 3. The van der Waals surface area contributed by atoms with E-state index in [2.05, 4.69) is 37.2 Å². The van der Waals surface area contributed by atoms with Crippen molar-refractivity contribution in [3.63, 3.8) is 0 Å². The molecule has 0 atom stereocenters. The molecule has 0 radical (unpaired) electrons. The topological polar surface area (TPSA) is 56.7 Å². The normalized spacial score (nSPS) is 11.7. The minimum atomic E-state index is 0.569. The fourth-order valence-corrected chi connectivity index (χ4v) is 2.97. The van der Waals surface area contributed by atoms with E-state index in [0.29, 0.717) is 11.7 Å². The molecule has 0 aliphatic rings. The molecule has 0 saturated heterocycles. The van der Waals surface area contributed by atoms with Crippen molar-refractivity contribution in [3.05, 3.63) is 17.1 Å². The fraction of sp³-hybridized carbons (Fsp3) is 0.647. The molecule has 4 heteroatoms. The van der Waals surface area contributed by atoms with Gasteiger partial charge in [-0.25, -0.2) is 9.97 Å². The van der Waals surface area contributed by atoms with Crippen LogP contribution in [0.25, 0.3) is 11.0 Å². The predicted octanol–water partition coefficient (Wildman–Crippen LogP) is 3.88. The molecule has 0 unspecified atom stereocenters. The number of hydrogen-bond acceptors (Lipinski definition) is 3. The average Bonchev–Trinajstić information content (AvgIpc) is 2.76. The Morgan fingerprint density at radius 3 is 2.48 bits per heavy atom. The van der Waals surface area contributed by atoms with Crippen molar-refractivity contribution >= 4 is 16.9 Å². The van der Waals surface area contributed by atoms with Gasteiger partial charge < -0.3 is 10.3 Å². The van der Waals surface area contributed by atoms with E-state index in [9.17, 15) is 0 Å². The van der Waals surface area contributed by atoms with Gasteiger partial charge >= 0.3 is 0 Å². The maximum Gasteiger partial charge on any atom is 0.151 e. The van der Waals surface area contributed by atoms with Gasteiger partial charge in [0.25, 0.3) is 0 Å². The second-order valence-electron chi connectivity index (χ2n) is 6.25. The highest BCUT2D eigenvalue weighted by atomic mass is 15.1. The molecule has 116 valence electrons. The molecular weight excluding hydrogens is 260 g/mol. The van der Waals surface area contributed by atoms with Crippen LogP contribution in [0.15, 0.2) is 0 Å². The lowest BCUT2D eigenvalue weighted by atomic mass is 10.1. The van der Waals surface area contributed by atoms with E-state index in [1.807, 2.05) is 6.92 Å². The van der Waals surface area contributed by atoms with Crippen molar-refractivity contribution in [2.75, 3.05) is 5.73 Å². The monoisotopic (exact) mass is 288 g/mol. The predicted molar refractivity (Wildman–Crippen MR) is 89.5 cm³/mol. The summed E-state index contributed by atoms with van der Waals surface area (Å²) in [7, 11) is 0. The van der Waals surface area contributed by atoms with Crippen LogP contribution in [0.4, 0.5) is 5.82 Å².